The molecular formula is C17H23N7O2. The summed E-state index contributed by atoms with van der Waals surface area (Å²) < 4.78 is 1.76. The number of nitrogens with zero attached hydrogens (tertiary/aromatic N) is 5. The summed E-state index contributed by atoms with van der Waals surface area (Å²) in [5.74, 6) is 1.52. The molecule has 4 heterocycles. The maximum atomic E-state index is 12.7. The maximum absolute atomic E-state index is 12.7. The van der Waals surface area contributed by atoms with Gasteiger partial charge in [-0.15, -0.1) is 0 Å². The second-order valence-corrected chi connectivity index (χ2v) is 7.02. The van der Waals surface area contributed by atoms with Crippen molar-refractivity contribution in [2.45, 2.75) is 51.1 Å². The average molecular weight is 357 g/mol. The third-order valence-corrected chi connectivity index (χ3v) is 5.23. The zero-order valence-electron chi connectivity index (χ0n) is 14.8. The van der Waals surface area contributed by atoms with E-state index in [0.29, 0.717) is 11.5 Å². The lowest BCUT2D eigenvalue weighted by Gasteiger charge is -2.33. The predicted molar refractivity (Wildman–Crippen MR) is 95.0 cm³/mol. The van der Waals surface area contributed by atoms with Crippen LogP contribution in [0.3, 0.4) is 0 Å². The molecule has 0 spiro atoms. The largest absolute Gasteiger partial charge is 0.351 e. The highest BCUT2D eigenvalue weighted by molar-refractivity contribution is 5.80. The standard InChI is InChI=1S/C17H23N7O2/c1-11-9-18-17(22-15(11)25)23-7-5-12(6-8-23)21-16(26)13-3-2-4-14-19-10-20-24(13)14/h9-10,12-13H,2-8H2,1H3,(H,21,26)(H,18,22,25). The number of anilines is 1. The lowest BCUT2D eigenvalue weighted by Crippen LogP contribution is -2.47. The zero-order valence-corrected chi connectivity index (χ0v) is 14.8. The maximum Gasteiger partial charge on any atom is 0.255 e. The van der Waals surface area contributed by atoms with Crippen LogP contribution in [-0.4, -0.2) is 49.8 Å². The van der Waals surface area contributed by atoms with E-state index in [1.54, 1.807) is 17.8 Å². The van der Waals surface area contributed by atoms with Gasteiger partial charge in [0.2, 0.25) is 11.9 Å². The number of nitrogens with one attached hydrogen (secondary N) is 2. The molecule has 2 aromatic heterocycles. The van der Waals surface area contributed by atoms with Gasteiger partial charge in [-0.3, -0.25) is 14.6 Å². The van der Waals surface area contributed by atoms with Crippen molar-refractivity contribution in [2.24, 2.45) is 0 Å². The Morgan fingerprint density at radius 2 is 2.08 bits per heavy atom. The number of aryl methyl sites for hydroxylation is 2. The molecule has 2 aliphatic heterocycles. The van der Waals surface area contributed by atoms with Gasteiger partial charge in [-0.2, -0.15) is 5.10 Å². The summed E-state index contributed by atoms with van der Waals surface area (Å²) in [6.07, 6.45) is 7.40. The van der Waals surface area contributed by atoms with Gasteiger partial charge in [0.1, 0.15) is 18.2 Å². The summed E-state index contributed by atoms with van der Waals surface area (Å²) in [5.41, 5.74) is 0.502. The number of carbonyl (C=O) groups excluding carboxylic acids is 1. The van der Waals surface area contributed by atoms with E-state index in [2.05, 4.69) is 30.3 Å². The molecule has 138 valence electrons. The molecule has 0 aliphatic carbocycles. The summed E-state index contributed by atoms with van der Waals surface area (Å²) in [4.78, 5) is 37.8. The van der Waals surface area contributed by atoms with Gasteiger partial charge in [-0.1, -0.05) is 0 Å². The lowest BCUT2D eigenvalue weighted by atomic mass is 10.0. The molecule has 2 aliphatic rings. The Morgan fingerprint density at radius 3 is 2.85 bits per heavy atom. The fourth-order valence-corrected chi connectivity index (χ4v) is 3.67. The highest BCUT2D eigenvalue weighted by atomic mass is 16.2. The van der Waals surface area contributed by atoms with Gasteiger partial charge in [0.05, 0.1) is 0 Å². The van der Waals surface area contributed by atoms with E-state index >= 15 is 0 Å². The first-order valence-electron chi connectivity index (χ1n) is 9.11. The van der Waals surface area contributed by atoms with Crippen LogP contribution in [0.2, 0.25) is 0 Å². The first-order chi connectivity index (χ1) is 12.6. The molecule has 1 amide bonds. The summed E-state index contributed by atoms with van der Waals surface area (Å²) >= 11 is 0. The molecule has 1 fully saturated rings. The number of amides is 1. The highest BCUT2D eigenvalue weighted by Crippen LogP contribution is 2.23. The van der Waals surface area contributed by atoms with Crippen LogP contribution in [0, 0.1) is 6.92 Å². The van der Waals surface area contributed by atoms with E-state index in [9.17, 15) is 9.59 Å². The first-order valence-corrected chi connectivity index (χ1v) is 9.11. The van der Waals surface area contributed by atoms with Crippen LogP contribution in [0.1, 0.15) is 43.1 Å². The van der Waals surface area contributed by atoms with Crippen molar-refractivity contribution in [3.05, 3.63) is 34.3 Å². The van der Waals surface area contributed by atoms with Crippen molar-refractivity contribution in [2.75, 3.05) is 18.0 Å². The van der Waals surface area contributed by atoms with Gasteiger partial charge in [0.15, 0.2) is 0 Å². The molecule has 26 heavy (non-hydrogen) atoms. The van der Waals surface area contributed by atoms with Crippen LogP contribution in [0.25, 0.3) is 0 Å². The van der Waals surface area contributed by atoms with E-state index < -0.39 is 0 Å². The Labute approximate surface area is 150 Å². The van der Waals surface area contributed by atoms with Crippen molar-refractivity contribution in [1.82, 2.24) is 30.0 Å². The Morgan fingerprint density at radius 1 is 1.27 bits per heavy atom. The molecule has 1 saturated heterocycles. The Kier molecular flexibility index (Phi) is 4.44. The molecule has 2 N–H and O–H groups in total. The molecule has 0 saturated carbocycles. The minimum Gasteiger partial charge on any atom is -0.351 e. The van der Waals surface area contributed by atoms with Gasteiger partial charge >= 0.3 is 0 Å². The second kappa shape index (κ2) is 6.89. The normalized spacial score (nSPS) is 20.7. The van der Waals surface area contributed by atoms with Crippen molar-refractivity contribution >= 4 is 11.9 Å². The van der Waals surface area contributed by atoms with Gasteiger partial charge in [0, 0.05) is 37.3 Å². The van der Waals surface area contributed by atoms with Gasteiger partial charge in [-0.05, 0) is 32.6 Å². The van der Waals surface area contributed by atoms with E-state index in [1.165, 1.54) is 6.33 Å². The molecule has 9 nitrogen and oxygen atoms in total. The molecule has 0 radical (unpaired) electrons. The first kappa shape index (κ1) is 16.7. The van der Waals surface area contributed by atoms with Crippen molar-refractivity contribution in [3.63, 3.8) is 0 Å². The summed E-state index contributed by atoms with van der Waals surface area (Å²) in [5, 5.41) is 7.38. The van der Waals surface area contributed by atoms with E-state index in [0.717, 1.165) is 51.0 Å². The average Bonchev–Trinajstić information content (AvgIpc) is 3.13. The Balaban J connectivity index is 1.35. The van der Waals surface area contributed by atoms with Gasteiger partial charge in [0.25, 0.3) is 5.56 Å². The minimum absolute atomic E-state index is 0.0248. The predicted octanol–water partition coefficient (Wildman–Crippen LogP) is 0.332. The Bertz CT molecular complexity index is 851. The van der Waals surface area contributed by atoms with Crippen molar-refractivity contribution < 1.29 is 4.79 Å². The third kappa shape index (κ3) is 3.21. The SMILES string of the molecule is Cc1cnc(N2CCC(NC(=O)C3CCCc4ncnn43)CC2)[nH]c1=O. The third-order valence-electron chi connectivity index (χ3n) is 5.23. The monoisotopic (exact) mass is 357 g/mol. The number of hydrogen-bond acceptors (Lipinski definition) is 6. The van der Waals surface area contributed by atoms with Crippen LogP contribution in [-0.2, 0) is 11.2 Å². The smallest absolute Gasteiger partial charge is 0.255 e. The number of fused-ring (bicyclic) bond motifs is 1. The van der Waals surface area contributed by atoms with Gasteiger partial charge < -0.3 is 10.2 Å². The molecule has 0 aromatic carbocycles. The van der Waals surface area contributed by atoms with Gasteiger partial charge in [-0.25, -0.2) is 14.6 Å². The number of rotatable bonds is 3. The number of aromatic nitrogens is 5. The number of piperidine rings is 1. The number of aromatic amines is 1. The van der Waals surface area contributed by atoms with Crippen molar-refractivity contribution in [1.29, 1.82) is 0 Å². The summed E-state index contributed by atoms with van der Waals surface area (Å²) in [6.45, 7) is 3.23. The summed E-state index contributed by atoms with van der Waals surface area (Å²) in [6, 6.07) is -0.126. The van der Waals surface area contributed by atoms with Crippen molar-refractivity contribution in [3.8, 4) is 0 Å². The summed E-state index contributed by atoms with van der Waals surface area (Å²) in [7, 11) is 0. The zero-order chi connectivity index (χ0) is 18.1. The topological polar surface area (TPSA) is 109 Å². The molecule has 2 aromatic rings. The van der Waals surface area contributed by atoms with E-state index in [-0.39, 0.29) is 23.6 Å². The molecule has 4 rings (SSSR count). The molecule has 1 unspecified atom stereocenters. The molecule has 0 bridgehead atoms. The van der Waals surface area contributed by atoms with E-state index in [1.807, 2.05) is 0 Å². The quantitative estimate of drug-likeness (QED) is 0.820. The minimum atomic E-state index is -0.255. The molecule has 9 heteroatoms. The fourth-order valence-electron chi connectivity index (χ4n) is 3.67. The Hall–Kier alpha value is -2.71. The number of carbonyl (C=O) groups is 1. The molecular weight excluding hydrogens is 334 g/mol. The number of hydrogen-bond donors (Lipinski definition) is 2. The second-order valence-electron chi connectivity index (χ2n) is 7.02. The van der Waals surface area contributed by atoms with Crippen LogP contribution in [0.4, 0.5) is 5.95 Å². The number of H-pyrrole nitrogens is 1. The fraction of sp³-hybridized carbons (Fsp3) is 0.588. The van der Waals surface area contributed by atoms with Crippen LogP contribution in [0.5, 0.6) is 0 Å². The van der Waals surface area contributed by atoms with Crippen LogP contribution in [0.15, 0.2) is 17.3 Å². The lowest BCUT2D eigenvalue weighted by molar-refractivity contribution is -0.126. The van der Waals surface area contributed by atoms with Crippen LogP contribution >= 0.6 is 0 Å². The highest BCUT2D eigenvalue weighted by Gasteiger charge is 2.30. The molecule has 1 atom stereocenters. The van der Waals surface area contributed by atoms with E-state index in [4.69, 9.17) is 0 Å². The van der Waals surface area contributed by atoms with Crippen LogP contribution < -0.4 is 15.8 Å².